The Labute approximate surface area is 250 Å². The Morgan fingerprint density at radius 3 is 1.30 bits per heavy atom. The van der Waals surface area contributed by atoms with Gasteiger partial charge in [0.05, 0.1) is 38.8 Å². The lowest BCUT2D eigenvalue weighted by atomic mass is 10.2. The van der Waals surface area contributed by atoms with Crippen LogP contribution >= 0.6 is 65.9 Å². The summed E-state index contributed by atoms with van der Waals surface area (Å²) in [4.78, 5) is 4.21. The van der Waals surface area contributed by atoms with Gasteiger partial charge in [-0.2, -0.15) is 0 Å². The minimum atomic E-state index is -2.80. The Bertz CT molecular complexity index is 521. The largest absolute Gasteiger partial charge is 0.331 e. The summed E-state index contributed by atoms with van der Waals surface area (Å²) in [7, 11) is 2.57. The Kier molecular flexibility index (Phi) is 39.4. The number of halogens is 4. The molecule has 0 rings (SSSR count). The molecule has 0 radical (unpaired) electrons. The predicted molar refractivity (Wildman–Crippen MR) is 167 cm³/mol. The first-order chi connectivity index (χ1) is 17.2. The van der Waals surface area contributed by atoms with Crippen LogP contribution in [0.2, 0.25) is 0 Å². The van der Waals surface area contributed by atoms with Crippen LogP contribution in [0, 0.1) is 0 Å². The minimum absolute atomic E-state index is 0.435. The van der Waals surface area contributed by atoms with Crippen molar-refractivity contribution >= 4 is 65.9 Å². The Morgan fingerprint density at radius 1 is 0.703 bits per heavy atom. The number of nitrogens with zero attached hydrogens (tertiary/aromatic N) is 2. The molecule has 0 atom stereocenters. The summed E-state index contributed by atoms with van der Waals surface area (Å²) < 4.78 is 43.3. The zero-order valence-corrected chi connectivity index (χ0v) is 29.7. The van der Waals surface area contributed by atoms with E-state index in [1.165, 1.54) is 0 Å². The van der Waals surface area contributed by atoms with Crippen LogP contribution in [0.4, 0.5) is 0 Å². The first-order valence-electron chi connectivity index (χ1n) is 12.5. The van der Waals surface area contributed by atoms with Crippen molar-refractivity contribution in [3.05, 3.63) is 0 Å². The van der Waals surface area contributed by atoms with Crippen molar-refractivity contribution in [1.82, 2.24) is 9.80 Å². The second-order valence-electron chi connectivity index (χ2n) is 7.73. The third-order valence-electron chi connectivity index (χ3n) is 3.78. The molecule has 0 unspecified atom stereocenters. The lowest BCUT2D eigenvalue weighted by Crippen LogP contribution is -2.20. The van der Waals surface area contributed by atoms with Crippen LogP contribution in [0.15, 0.2) is 0 Å². The van der Waals surface area contributed by atoms with Gasteiger partial charge in [-0.25, -0.2) is 0 Å². The molecule has 9 nitrogen and oxygen atoms in total. The standard InChI is InChI=1S/C11H26NO3P.C6H14BrO3P.C4H12N2.CHCl3/c1-5-14-16(13,15-6-2)11-9-7-8-10-12(3)4;1-3-9-11(8,6-5-7)10-4-2;1-6(2)4-3-5;2-1(3)4/h5-11H2,1-4H3;3-6H2,1-2H3;3-5H2,1-2H3;1H. The number of hydrogen-bond donors (Lipinski definition) is 1. The molecular weight excluding hydrogens is 650 g/mol. The molecule has 0 aromatic rings. The molecule has 0 saturated carbocycles. The lowest BCUT2D eigenvalue weighted by molar-refractivity contribution is 0.219. The van der Waals surface area contributed by atoms with Gasteiger partial charge in [0.25, 0.3) is 0 Å². The minimum Gasteiger partial charge on any atom is -0.329 e. The third-order valence-corrected chi connectivity index (χ3v) is 9.03. The van der Waals surface area contributed by atoms with Crippen LogP contribution in [-0.2, 0) is 27.2 Å². The molecule has 0 spiro atoms. The van der Waals surface area contributed by atoms with Crippen molar-refractivity contribution in [2.45, 2.75) is 51.3 Å². The number of unbranched alkanes of at least 4 members (excludes halogenated alkanes) is 2. The van der Waals surface area contributed by atoms with E-state index in [-0.39, 0.29) is 0 Å². The van der Waals surface area contributed by atoms with E-state index < -0.39 is 19.5 Å². The van der Waals surface area contributed by atoms with E-state index in [1.54, 1.807) is 13.8 Å². The highest BCUT2D eigenvalue weighted by Crippen LogP contribution is 2.49. The zero-order chi connectivity index (χ0) is 29.8. The third kappa shape index (κ3) is 42.1. The van der Waals surface area contributed by atoms with Crippen LogP contribution in [0.3, 0.4) is 0 Å². The fraction of sp³-hybridized carbons (Fsp3) is 1.00. The van der Waals surface area contributed by atoms with E-state index in [2.05, 4.69) is 39.8 Å². The van der Waals surface area contributed by atoms with E-state index >= 15 is 0 Å². The summed E-state index contributed by atoms with van der Waals surface area (Å²) in [6.07, 6.45) is 4.09. The maximum Gasteiger partial charge on any atom is 0.331 e. The Morgan fingerprint density at radius 2 is 1.05 bits per heavy atom. The molecule has 0 fully saturated rings. The molecule has 0 amide bonds. The maximum atomic E-state index is 12.1. The first-order valence-corrected chi connectivity index (χ1v) is 18.3. The zero-order valence-electron chi connectivity index (χ0n) is 24.1. The van der Waals surface area contributed by atoms with E-state index in [9.17, 15) is 9.13 Å². The SMILES string of the molecule is CCOP(=O)(CCBr)OCC.CCOP(=O)(CCCCCN(C)C)OCC.CN(C)CCN.ClC(Cl)Cl. The summed E-state index contributed by atoms with van der Waals surface area (Å²) in [6, 6.07) is 0. The van der Waals surface area contributed by atoms with E-state index in [1.807, 2.05) is 27.9 Å². The summed E-state index contributed by atoms with van der Waals surface area (Å²) in [5, 5.41) is 0.643. The quantitative estimate of drug-likeness (QED) is 0.0908. The van der Waals surface area contributed by atoms with Gasteiger partial charge in [0.1, 0.15) is 0 Å². The molecule has 0 saturated heterocycles. The number of hydrogen-bond acceptors (Lipinski definition) is 9. The van der Waals surface area contributed by atoms with Gasteiger partial charge in [0, 0.05) is 18.4 Å². The number of alkyl halides is 4. The number of nitrogens with two attached hydrogens (primary N) is 1. The van der Waals surface area contributed by atoms with Gasteiger partial charge >= 0.3 is 15.2 Å². The average molecular weight is 704 g/mol. The van der Waals surface area contributed by atoms with Gasteiger partial charge in [-0.15, -0.1) is 0 Å². The molecule has 0 bridgehead atoms. The van der Waals surface area contributed by atoms with Crippen molar-refractivity contribution in [3.63, 3.8) is 0 Å². The Balaban J connectivity index is -0.000000223. The van der Waals surface area contributed by atoms with Gasteiger partial charge in [0.2, 0.25) is 0 Å². The average Bonchev–Trinajstić information content (AvgIpc) is 2.74. The second kappa shape index (κ2) is 32.0. The summed E-state index contributed by atoms with van der Waals surface area (Å²) >= 11 is 17.6. The van der Waals surface area contributed by atoms with Gasteiger partial charge in [-0.1, -0.05) is 57.2 Å². The van der Waals surface area contributed by atoms with E-state index in [4.69, 9.17) is 58.6 Å². The molecule has 0 aromatic heterocycles. The summed E-state index contributed by atoms with van der Waals surface area (Å²) in [6.45, 7) is 11.9. The van der Waals surface area contributed by atoms with Crippen LogP contribution in [-0.4, -0.2) is 106 Å². The van der Waals surface area contributed by atoms with E-state index in [0.29, 0.717) is 44.1 Å². The molecule has 0 heterocycles. The highest BCUT2D eigenvalue weighted by molar-refractivity contribution is 9.09. The molecule has 0 aliphatic rings. The second-order valence-corrected chi connectivity index (χ2v) is 14.9. The smallest absolute Gasteiger partial charge is 0.329 e. The predicted octanol–water partition coefficient (Wildman–Crippen LogP) is 7.12. The van der Waals surface area contributed by atoms with Crippen molar-refractivity contribution in [2.24, 2.45) is 5.73 Å². The van der Waals surface area contributed by atoms with Crippen molar-refractivity contribution in [1.29, 1.82) is 0 Å². The molecule has 37 heavy (non-hydrogen) atoms. The molecule has 15 heteroatoms. The van der Waals surface area contributed by atoms with Crippen molar-refractivity contribution in [3.8, 4) is 0 Å². The molecule has 0 aliphatic carbocycles. The van der Waals surface area contributed by atoms with Crippen molar-refractivity contribution in [2.75, 3.05) is 91.9 Å². The molecule has 0 aliphatic heterocycles. The maximum absolute atomic E-state index is 12.1. The normalized spacial score (nSPS) is 11.5. The molecule has 230 valence electrons. The lowest BCUT2D eigenvalue weighted by Gasteiger charge is -2.16. The molecular formula is C22H53BrCl3N3O6P2. The number of rotatable bonds is 18. The molecule has 2 N–H and O–H groups in total. The first kappa shape index (κ1) is 45.5. The fourth-order valence-electron chi connectivity index (χ4n) is 2.39. The van der Waals surface area contributed by atoms with Gasteiger partial charge in [-0.3, -0.25) is 9.13 Å². The van der Waals surface area contributed by atoms with Gasteiger partial charge in [-0.05, 0) is 75.3 Å². The summed E-state index contributed by atoms with van der Waals surface area (Å²) in [5.41, 5.74) is 5.19. The highest BCUT2D eigenvalue weighted by Gasteiger charge is 2.22. The van der Waals surface area contributed by atoms with Crippen LogP contribution in [0.5, 0.6) is 0 Å². The Hall–Kier alpha value is 1.53. The van der Waals surface area contributed by atoms with Gasteiger partial charge in [0.15, 0.2) is 4.30 Å². The molecule has 0 aromatic carbocycles. The highest BCUT2D eigenvalue weighted by atomic mass is 79.9. The number of likely N-dealkylation sites (N-methyl/N-ethyl adjacent to an activating group) is 1. The monoisotopic (exact) mass is 701 g/mol. The topological polar surface area (TPSA) is 104 Å². The van der Waals surface area contributed by atoms with Crippen LogP contribution < -0.4 is 5.73 Å². The van der Waals surface area contributed by atoms with Crippen LogP contribution in [0.25, 0.3) is 0 Å². The van der Waals surface area contributed by atoms with Crippen molar-refractivity contribution < 1.29 is 27.2 Å². The van der Waals surface area contributed by atoms with Crippen LogP contribution in [0.1, 0.15) is 47.0 Å². The van der Waals surface area contributed by atoms with Gasteiger partial charge < -0.3 is 33.6 Å². The summed E-state index contributed by atoms with van der Waals surface area (Å²) in [5.74, 6) is 0. The fourth-order valence-corrected chi connectivity index (χ4v) is 6.75. The van der Waals surface area contributed by atoms with E-state index in [0.717, 1.165) is 38.9 Å².